The molecule has 0 fully saturated rings. The summed E-state index contributed by atoms with van der Waals surface area (Å²) in [5, 5.41) is 2.87. The lowest BCUT2D eigenvalue weighted by Crippen LogP contribution is -2.11. The number of carbonyl (C=O) groups excluding carboxylic acids is 1. The molecule has 1 N–H and O–H groups in total. The van der Waals surface area contributed by atoms with Crippen LogP contribution in [0.1, 0.15) is 15.4 Å². The van der Waals surface area contributed by atoms with Crippen LogP contribution in [-0.2, 0) is 0 Å². The van der Waals surface area contributed by atoms with Crippen molar-refractivity contribution < 1.29 is 18.3 Å². The third-order valence-electron chi connectivity index (χ3n) is 3.53. The smallest absolute Gasteiger partial charge is 0.267 e. The standard InChI is InChI=1S/C18H14F2N2O2S/c1-10-16(17(23)22-11-6-8-12(24-2)9-7-11)25-18(21-10)15-13(19)4-3-5-14(15)20/h3-9H,1-2H3,(H,22,23). The number of ether oxygens (including phenoxy) is 1. The number of hydrogen-bond donors (Lipinski definition) is 1. The second-order valence-corrected chi connectivity index (χ2v) is 6.21. The van der Waals surface area contributed by atoms with E-state index < -0.39 is 11.6 Å². The van der Waals surface area contributed by atoms with Gasteiger partial charge in [0.1, 0.15) is 27.3 Å². The molecule has 1 heterocycles. The van der Waals surface area contributed by atoms with Crippen molar-refractivity contribution in [3.05, 3.63) is 64.7 Å². The number of nitrogens with one attached hydrogen (secondary N) is 1. The van der Waals surface area contributed by atoms with Gasteiger partial charge < -0.3 is 10.1 Å². The largest absolute Gasteiger partial charge is 0.497 e. The molecule has 0 aliphatic heterocycles. The lowest BCUT2D eigenvalue weighted by atomic mass is 10.2. The van der Waals surface area contributed by atoms with E-state index in [1.54, 1.807) is 38.3 Å². The summed E-state index contributed by atoms with van der Waals surface area (Å²) < 4.78 is 32.9. The number of nitrogens with zero attached hydrogens (tertiary/aromatic N) is 1. The summed E-state index contributed by atoms with van der Waals surface area (Å²) in [6, 6.07) is 10.4. The van der Waals surface area contributed by atoms with Gasteiger partial charge in [-0.3, -0.25) is 4.79 Å². The number of amides is 1. The lowest BCUT2D eigenvalue weighted by Gasteiger charge is -2.05. The van der Waals surface area contributed by atoms with Gasteiger partial charge in [0.2, 0.25) is 0 Å². The molecular formula is C18H14F2N2O2S. The molecule has 1 aromatic heterocycles. The van der Waals surface area contributed by atoms with Gasteiger partial charge >= 0.3 is 0 Å². The van der Waals surface area contributed by atoms with Gasteiger partial charge in [-0.2, -0.15) is 0 Å². The number of anilines is 1. The summed E-state index contributed by atoms with van der Waals surface area (Å²) >= 11 is 0.948. The SMILES string of the molecule is COc1ccc(NC(=O)c2sc(-c3c(F)cccc3F)nc2C)cc1. The van der Waals surface area contributed by atoms with Crippen molar-refractivity contribution in [2.45, 2.75) is 6.92 Å². The maximum Gasteiger partial charge on any atom is 0.267 e. The number of carbonyl (C=O) groups is 1. The van der Waals surface area contributed by atoms with Crippen LogP contribution < -0.4 is 10.1 Å². The van der Waals surface area contributed by atoms with Crippen LogP contribution in [-0.4, -0.2) is 18.0 Å². The van der Waals surface area contributed by atoms with Crippen LogP contribution in [0.4, 0.5) is 14.5 Å². The van der Waals surface area contributed by atoms with Crippen LogP contribution >= 0.6 is 11.3 Å². The molecule has 0 saturated carbocycles. The lowest BCUT2D eigenvalue weighted by molar-refractivity contribution is 0.103. The summed E-state index contributed by atoms with van der Waals surface area (Å²) in [6.07, 6.45) is 0. The first kappa shape index (κ1) is 17.0. The van der Waals surface area contributed by atoms with E-state index in [0.29, 0.717) is 22.0 Å². The van der Waals surface area contributed by atoms with Crippen LogP contribution in [0.5, 0.6) is 5.75 Å². The van der Waals surface area contributed by atoms with Crippen molar-refractivity contribution in [3.63, 3.8) is 0 Å². The molecule has 2 aromatic carbocycles. The maximum absolute atomic E-state index is 13.9. The fourth-order valence-electron chi connectivity index (χ4n) is 2.28. The zero-order valence-electron chi connectivity index (χ0n) is 13.5. The molecule has 0 aliphatic carbocycles. The van der Waals surface area contributed by atoms with E-state index in [4.69, 9.17) is 4.74 Å². The zero-order chi connectivity index (χ0) is 18.0. The average molecular weight is 360 g/mol. The summed E-state index contributed by atoms with van der Waals surface area (Å²) in [4.78, 5) is 16.9. The number of aromatic nitrogens is 1. The molecule has 0 spiro atoms. The number of benzene rings is 2. The van der Waals surface area contributed by atoms with Crippen molar-refractivity contribution in [3.8, 4) is 16.3 Å². The highest BCUT2D eigenvalue weighted by Crippen LogP contribution is 2.32. The van der Waals surface area contributed by atoms with Gasteiger partial charge in [0.15, 0.2) is 0 Å². The fraction of sp³-hybridized carbons (Fsp3) is 0.111. The van der Waals surface area contributed by atoms with E-state index in [9.17, 15) is 13.6 Å². The van der Waals surface area contributed by atoms with E-state index in [0.717, 1.165) is 23.5 Å². The highest BCUT2D eigenvalue weighted by Gasteiger charge is 2.20. The van der Waals surface area contributed by atoms with Crippen LogP contribution in [0.2, 0.25) is 0 Å². The Bertz CT molecular complexity index is 903. The molecule has 0 aliphatic rings. The molecule has 4 nitrogen and oxygen atoms in total. The summed E-state index contributed by atoms with van der Waals surface area (Å²) in [6.45, 7) is 1.63. The molecule has 0 atom stereocenters. The predicted molar refractivity (Wildman–Crippen MR) is 93.2 cm³/mol. The van der Waals surface area contributed by atoms with Gasteiger partial charge in [-0.05, 0) is 43.3 Å². The first-order valence-electron chi connectivity index (χ1n) is 7.37. The van der Waals surface area contributed by atoms with Crippen LogP contribution in [0, 0.1) is 18.6 Å². The van der Waals surface area contributed by atoms with Crippen molar-refractivity contribution in [2.24, 2.45) is 0 Å². The van der Waals surface area contributed by atoms with Gasteiger partial charge in [0.25, 0.3) is 5.91 Å². The van der Waals surface area contributed by atoms with Crippen LogP contribution in [0.3, 0.4) is 0 Å². The molecule has 1 amide bonds. The zero-order valence-corrected chi connectivity index (χ0v) is 14.3. The molecule has 3 rings (SSSR count). The van der Waals surface area contributed by atoms with E-state index in [2.05, 4.69) is 10.3 Å². The minimum atomic E-state index is -0.712. The van der Waals surface area contributed by atoms with Gasteiger partial charge in [0.05, 0.1) is 18.4 Å². The van der Waals surface area contributed by atoms with Crippen LogP contribution in [0.15, 0.2) is 42.5 Å². The van der Waals surface area contributed by atoms with Gasteiger partial charge in [-0.15, -0.1) is 11.3 Å². The Balaban J connectivity index is 1.88. The predicted octanol–water partition coefficient (Wildman–Crippen LogP) is 4.66. The van der Waals surface area contributed by atoms with Gasteiger partial charge in [-0.1, -0.05) is 6.07 Å². The normalized spacial score (nSPS) is 10.6. The molecule has 0 bridgehead atoms. The molecule has 0 unspecified atom stereocenters. The van der Waals surface area contributed by atoms with Crippen molar-refractivity contribution in [1.82, 2.24) is 4.98 Å². The number of aryl methyl sites for hydroxylation is 1. The Labute approximate surface area is 147 Å². The molecule has 0 radical (unpaired) electrons. The topological polar surface area (TPSA) is 51.2 Å². The molecule has 7 heteroatoms. The van der Waals surface area contributed by atoms with Gasteiger partial charge in [-0.25, -0.2) is 13.8 Å². The molecular weight excluding hydrogens is 346 g/mol. The number of thiazole rings is 1. The highest BCUT2D eigenvalue weighted by molar-refractivity contribution is 7.17. The summed E-state index contributed by atoms with van der Waals surface area (Å²) in [5.41, 5.74) is 0.769. The van der Waals surface area contributed by atoms with E-state index in [1.165, 1.54) is 6.07 Å². The first-order chi connectivity index (χ1) is 12.0. The van der Waals surface area contributed by atoms with Crippen molar-refractivity contribution >= 4 is 22.9 Å². The number of halogens is 2. The Kier molecular flexibility index (Phi) is 4.76. The van der Waals surface area contributed by atoms with Crippen molar-refractivity contribution in [1.29, 1.82) is 0 Å². The summed E-state index contributed by atoms with van der Waals surface area (Å²) in [5.74, 6) is -1.14. The van der Waals surface area contributed by atoms with E-state index in [-0.39, 0.29) is 16.5 Å². The third kappa shape index (κ3) is 3.51. The Hall–Kier alpha value is -2.80. The quantitative estimate of drug-likeness (QED) is 0.736. The number of methoxy groups -OCH3 is 1. The fourth-order valence-corrected chi connectivity index (χ4v) is 3.29. The van der Waals surface area contributed by atoms with Gasteiger partial charge in [0, 0.05) is 5.69 Å². The van der Waals surface area contributed by atoms with E-state index >= 15 is 0 Å². The minimum absolute atomic E-state index is 0.132. The molecule has 25 heavy (non-hydrogen) atoms. The molecule has 3 aromatic rings. The van der Waals surface area contributed by atoms with E-state index in [1.807, 2.05) is 0 Å². The summed E-state index contributed by atoms with van der Waals surface area (Å²) in [7, 11) is 1.55. The number of rotatable bonds is 4. The Morgan fingerprint density at radius 1 is 1.12 bits per heavy atom. The van der Waals surface area contributed by atoms with Crippen molar-refractivity contribution in [2.75, 3.05) is 12.4 Å². The monoisotopic (exact) mass is 360 g/mol. The average Bonchev–Trinajstić information content (AvgIpc) is 2.97. The second kappa shape index (κ2) is 6.98. The highest BCUT2D eigenvalue weighted by atomic mass is 32.1. The molecule has 128 valence electrons. The second-order valence-electron chi connectivity index (χ2n) is 5.21. The first-order valence-corrected chi connectivity index (χ1v) is 8.18. The Morgan fingerprint density at radius 3 is 2.36 bits per heavy atom. The third-order valence-corrected chi connectivity index (χ3v) is 4.70. The maximum atomic E-state index is 13.9. The Morgan fingerprint density at radius 2 is 1.76 bits per heavy atom. The number of hydrogen-bond acceptors (Lipinski definition) is 4. The minimum Gasteiger partial charge on any atom is -0.497 e. The van der Waals surface area contributed by atoms with Crippen LogP contribution in [0.25, 0.3) is 10.6 Å². The molecule has 0 saturated heterocycles.